The van der Waals surface area contributed by atoms with Crippen LogP contribution in [0.2, 0.25) is 0 Å². The van der Waals surface area contributed by atoms with E-state index in [2.05, 4.69) is 25.2 Å². The first-order chi connectivity index (χ1) is 10.9. The van der Waals surface area contributed by atoms with Crippen molar-refractivity contribution in [1.82, 2.24) is 20.3 Å². The molecule has 0 radical (unpaired) electrons. The van der Waals surface area contributed by atoms with Crippen LogP contribution in [-0.4, -0.2) is 54.3 Å². The molecule has 0 atom stereocenters. The second kappa shape index (κ2) is 7.56. The van der Waals surface area contributed by atoms with Crippen molar-refractivity contribution in [2.45, 2.75) is 0 Å². The molecule has 1 aliphatic rings. The summed E-state index contributed by atoms with van der Waals surface area (Å²) in [5.41, 5.74) is 0. The molecule has 1 N–H and O–H groups in total. The summed E-state index contributed by atoms with van der Waals surface area (Å²) >= 11 is 0. The Labute approximate surface area is 129 Å². The van der Waals surface area contributed by atoms with Gasteiger partial charge in [0.1, 0.15) is 19.0 Å². The summed E-state index contributed by atoms with van der Waals surface area (Å²) in [6, 6.07) is 3.63. The van der Waals surface area contributed by atoms with E-state index in [1.54, 1.807) is 24.8 Å². The van der Waals surface area contributed by atoms with Crippen LogP contribution in [0.25, 0.3) is 0 Å². The molecule has 0 aromatic carbocycles. The average Bonchev–Trinajstić information content (AvgIpc) is 2.61. The van der Waals surface area contributed by atoms with Crippen LogP contribution in [0.4, 0.5) is 5.82 Å². The van der Waals surface area contributed by atoms with Crippen LogP contribution >= 0.6 is 0 Å². The first-order valence-corrected chi connectivity index (χ1v) is 7.36. The van der Waals surface area contributed by atoms with Crippen molar-refractivity contribution in [3.8, 4) is 11.6 Å². The maximum absolute atomic E-state index is 5.74. The van der Waals surface area contributed by atoms with Gasteiger partial charge in [-0.25, -0.2) is 9.97 Å². The Balaban J connectivity index is 1.53. The topological polar surface area (TPSA) is 72.4 Å². The van der Waals surface area contributed by atoms with Crippen molar-refractivity contribution >= 4 is 5.82 Å². The number of nitrogens with zero attached hydrogens (tertiary/aromatic N) is 4. The number of piperazine rings is 1. The molecule has 0 amide bonds. The summed E-state index contributed by atoms with van der Waals surface area (Å²) in [5, 5.41) is 3.32. The molecule has 116 valence electrons. The monoisotopic (exact) mass is 301 g/mol. The second-order valence-electron chi connectivity index (χ2n) is 4.80. The van der Waals surface area contributed by atoms with Crippen LogP contribution in [0.1, 0.15) is 0 Å². The van der Waals surface area contributed by atoms with Gasteiger partial charge < -0.3 is 19.7 Å². The van der Waals surface area contributed by atoms with Gasteiger partial charge in [-0.1, -0.05) is 0 Å². The zero-order valence-corrected chi connectivity index (χ0v) is 12.3. The minimum atomic E-state index is 0.417. The highest BCUT2D eigenvalue weighted by Crippen LogP contribution is 2.22. The van der Waals surface area contributed by atoms with Gasteiger partial charge in [-0.3, -0.25) is 4.98 Å². The Morgan fingerprint density at radius 2 is 1.68 bits per heavy atom. The summed E-state index contributed by atoms with van der Waals surface area (Å²) in [6.45, 7) is 4.56. The fourth-order valence-electron chi connectivity index (χ4n) is 2.25. The summed E-state index contributed by atoms with van der Waals surface area (Å²) in [7, 11) is 0. The lowest BCUT2D eigenvalue weighted by Gasteiger charge is -2.28. The zero-order valence-electron chi connectivity index (χ0n) is 12.3. The maximum atomic E-state index is 5.74. The molecule has 7 nitrogen and oxygen atoms in total. The summed E-state index contributed by atoms with van der Waals surface area (Å²) in [5.74, 6) is 2.13. The molecule has 7 heteroatoms. The molecule has 1 saturated heterocycles. The molecule has 0 spiro atoms. The highest BCUT2D eigenvalue weighted by atomic mass is 16.5. The highest BCUT2D eigenvalue weighted by molar-refractivity contribution is 5.48. The predicted molar refractivity (Wildman–Crippen MR) is 82.3 cm³/mol. The van der Waals surface area contributed by atoms with E-state index in [9.17, 15) is 0 Å². The molecule has 2 aromatic heterocycles. The lowest BCUT2D eigenvalue weighted by Crippen LogP contribution is -2.44. The minimum Gasteiger partial charge on any atom is -0.490 e. The van der Waals surface area contributed by atoms with Gasteiger partial charge in [-0.15, -0.1) is 0 Å². The molecule has 0 unspecified atom stereocenters. The molecule has 3 rings (SSSR count). The average molecular weight is 301 g/mol. The van der Waals surface area contributed by atoms with Crippen LogP contribution < -0.4 is 19.7 Å². The number of aromatic nitrogens is 3. The van der Waals surface area contributed by atoms with Gasteiger partial charge >= 0.3 is 0 Å². The normalized spacial score (nSPS) is 14.6. The first-order valence-electron chi connectivity index (χ1n) is 7.36. The third-order valence-corrected chi connectivity index (χ3v) is 3.30. The van der Waals surface area contributed by atoms with Gasteiger partial charge in [0.25, 0.3) is 5.88 Å². The van der Waals surface area contributed by atoms with Crippen LogP contribution in [0.3, 0.4) is 0 Å². The van der Waals surface area contributed by atoms with E-state index in [1.807, 2.05) is 12.1 Å². The summed E-state index contributed by atoms with van der Waals surface area (Å²) < 4.78 is 11.3. The Hall–Kier alpha value is -2.41. The van der Waals surface area contributed by atoms with Crippen LogP contribution in [-0.2, 0) is 0 Å². The Bertz CT molecular complexity index is 575. The first kappa shape index (κ1) is 14.5. The van der Waals surface area contributed by atoms with Crippen molar-refractivity contribution < 1.29 is 9.47 Å². The summed E-state index contributed by atoms with van der Waals surface area (Å²) in [6.07, 6.45) is 6.73. The van der Waals surface area contributed by atoms with E-state index in [1.165, 1.54) is 0 Å². The van der Waals surface area contributed by atoms with E-state index in [0.29, 0.717) is 19.1 Å². The van der Waals surface area contributed by atoms with Gasteiger partial charge in [-0.05, 0) is 12.1 Å². The molecule has 22 heavy (non-hydrogen) atoms. The number of ether oxygens (including phenoxy) is 2. The lowest BCUT2D eigenvalue weighted by atomic mass is 10.3. The SMILES string of the molecule is c1cc(OCCOc2nccnc2N2CCNCC2)ccn1. The maximum Gasteiger partial charge on any atom is 0.257 e. The fraction of sp³-hybridized carbons (Fsp3) is 0.400. The van der Waals surface area contributed by atoms with Crippen molar-refractivity contribution in [3.05, 3.63) is 36.9 Å². The largest absolute Gasteiger partial charge is 0.490 e. The standard InChI is InChI=1S/C15H19N5O2/c1-3-16-4-2-13(1)21-11-12-22-15-14(18-5-6-19-15)20-9-7-17-8-10-20/h1-6,17H,7-12H2. The number of pyridine rings is 1. The molecule has 3 heterocycles. The molecule has 0 saturated carbocycles. The number of hydrogen-bond donors (Lipinski definition) is 1. The molecule has 0 aliphatic carbocycles. The van der Waals surface area contributed by atoms with Crippen molar-refractivity contribution in [2.24, 2.45) is 0 Å². The predicted octanol–water partition coefficient (Wildman–Crippen LogP) is 0.739. The molecule has 1 fully saturated rings. The Morgan fingerprint density at radius 3 is 2.50 bits per heavy atom. The molecule has 1 aliphatic heterocycles. The quantitative estimate of drug-likeness (QED) is 0.789. The molecular weight excluding hydrogens is 282 g/mol. The second-order valence-corrected chi connectivity index (χ2v) is 4.80. The van der Waals surface area contributed by atoms with Crippen molar-refractivity contribution in [3.63, 3.8) is 0 Å². The molecule has 2 aromatic rings. The molecular formula is C15H19N5O2. The number of anilines is 1. The smallest absolute Gasteiger partial charge is 0.257 e. The van der Waals surface area contributed by atoms with Gasteiger partial charge in [0.2, 0.25) is 0 Å². The van der Waals surface area contributed by atoms with Crippen molar-refractivity contribution in [2.75, 3.05) is 44.3 Å². The molecule has 0 bridgehead atoms. The van der Waals surface area contributed by atoms with E-state index >= 15 is 0 Å². The minimum absolute atomic E-state index is 0.417. The van der Waals surface area contributed by atoms with E-state index in [-0.39, 0.29) is 0 Å². The third-order valence-electron chi connectivity index (χ3n) is 3.30. The fourth-order valence-corrected chi connectivity index (χ4v) is 2.25. The van der Waals surface area contributed by atoms with Crippen molar-refractivity contribution in [1.29, 1.82) is 0 Å². The Kier molecular flexibility index (Phi) is 4.99. The lowest BCUT2D eigenvalue weighted by molar-refractivity contribution is 0.211. The van der Waals surface area contributed by atoms with Crippen LogP contribution in [0, 0.1) is 0 Å². The highest BCUT2D eigenvalue weighted by Gasteiger charge is 2.17. The Morgan fingerprint density at radius 1 is 0.955 bits per heavy atom. The van der Waals surface area contributed by atoms with Gasteiger partial charge in [0, 0.05) is 51.0 Å². The van der Waals surface area contributed by atoms with E-state index < -0.39 is 0 Å². The summed E-state index contributed by atoms with van der Waals surface area (Å²) in [4.78, 5) is 14.8. The van der Waals surface area contributed by atoms with E-state index in [4.69, 9.17) is 9.47 Å². The number of hydrogen-bond acceptors (Lipinski definition) is 7. The van der Waals surface area contributed by atoms with Crippen LogP contribution in [0.15, 0.2) is 36.9 Å². The number of nitrogens with one attached hydrogen (secondary N) is 1. The van der Waals surface area contributed by atoms with Crippen LogP contribution in [0.5, 0.6) is 11.6 Å². The third kappa shape index (κ3) is 3.82. The zero-order chi connectivity index (χ0) is 15.0. The van der Waals surface area contributed by atoms with Gasteiger partial charge in [0.05, 0.1) is 0 Å². The van der Waals surface area contributed by atoms with E-state index in [0.717, 1.165) is 37.7 Å². The van der Waals surface area contributed by atoms with Gasteiger partial charge in [0.15, 0.2) is 5.82 Å². The number of rotatable bonds is 6. The van der Waals surface area contributed by atoms with Gasteiger partial charge in [-0.2, -0.15) is 0 Å².